The summed E-state index contributed by atoms with van der Waals surface area (Å²) in [5.74, 6) is 1.88. The third-order valence-corrected chi connectivity index (χ3v) is 13.0. The first kappa shape index (κ1) is 25.2. The molecule has 0 spiro atoms. The van der Waals surface area contributed by atoms with Gasteiger partial charge in [0.2, 0.25) is 0 Å². The molecule has 0 aromatic rings. The lowest BCUT2D eigenvalue weighted by molar-refractivity contribution is -0.243. The standard InChI is InChI=1S/C30H50O4/c1-25(2)21-10-15-29(7)24(27(21,5)13-11-22(25)32)20(31)17-19-18(9-14-28(19,29)6)30(8)16-12-23(34-30)26(3,4)33/h18-21,23-24,31,33H,9-17H2,1-8H3/t18-,19-,20+,21?,23+,24+,27-,28-,29+,30-/m0/s1. The Kier molecular flexibility index (Phi) is 5.42. The second-order valence-corrected chi connectivity index (χ2v) is 15.2. The van der Waals surface area contributed by atoms with Crippen molar-refractivity contribution in [2.75, 3.05) is 0 Å². The van der Waals surface area contributed by atoms with Crippen LogP contribution in [0.4, 0.5) is 0 Å². The molecule has 5 rings (SSSR count). The molecule has 194 valence electrons. The topological polar surface area (TPSA) is 66.8 Å². The molecule has 0 bridgehead atoms. The Hall–Kier alpha value is -0.450. The van der Waals surface area contributed by atoms with Crippen LogP contribution in [0.3, 0.4) is 0 Å². The zero-order valence-electron chi connectivity index (χ0n) is 23.0. The molecule has 1 heterocycles. The molecule has 4 saturated carbocycles. The SMILES string of the molecule is CC1(C)C(=O)CC[C@@]2(C)C1CC[C@]1(C)[C@@H]2[C@H](O)C[C@H]2[C@@H]([C@]3(C)CC[C@H](C(C)(C)O)O3)CC[C@@]21C. The highest BCUT2D eigenvalue weighted by atomic mass is 16.5. The molecular formula is C30H50O4. The average molecular weight is 475 g/mol. The molecule has 4 nitrogen and oxygen atoms in total. The van der Waals surface area contributed by atoms with Crippen LogP contribution in [-0.4, -0.2) is 39.4 Å². The molecule has 0 aromatic heterocycles. The van der Waals surface area contributed by atoms with Gasteiger partial charge in [-0.05, 0) is 112 Å². The summed E-state index contributed by atoms with van der Waals surface area (Å²) in [6.45, 7) is 17.8. The molecule has 5 fully saturated rings. The molecule has 5 aliphatic rings. The maximum Gasteiger partial charge on any atom is 0.138 e. The molecule has 1 unspecified atom stereocenters. The number of hydrogen-bond donors (Lipinski definition) is 2. The average Bonchev–Trinajstić information content (AvgIpc) is 3.27. The smallest absolute Gasteiger partial charge is 0.138 e. The van der Waals surface area contributed by atoms with Crippen LogP contribution in [0.1, 0.15) is 113 Å². The molecule has 1 aliphatic heterocycles. The number of carbonyl (C=O) groups excluding carboxylic acids is 1. The van der Waals surface area contributed by atoms with Gasteiger partial charge in [0, 0.05) is 11.8 Å². The normalized spacial score (nSPS) is 54.9. The van der Waals surface area contributed by atoms with E-state index in [1.54, 1.807) is 0 Å². The van der Waals surface area contributed by atoms with E-state index in [2.05, 4.69) is 41.5 Å². The lowest BCUT2D eigenvalue weighted by atomic mass is 9.35. The number of aliphatic hydroxyl groups excluding tert-OH is 1. The predicted octanol–water partition coefficient (Wildman–Crippen LogP) is 5.92. The van der Waals surface area contributed by atoms with Gasteiger partial charge in [0.1, 0.15) is 5.78 Å². The fraction of sp³-hybridized carbons (Fsp3) is 0.967. The summed E-state index contributed by atoms with van der Waals surface area (Å²) in [5.41, 5.74) is -1.09. The van der Waals surface area contributed by atoms with Crippen molar-refractivity contribution >= 4 is 5.78 Å². The minimum absolute atomic E-state index is 0.00958. The number of Topliss-reactive ketones (excluding diaryl/α,β-unsaturated/α-hetero) is 1. The van der Waals surface area contributed by atoms with Crippen LogP contribution in [0.15, 0.2) is 0 Å². The van der Waals surface area contributed by atoms with Crippen molar-refractivity contribution in [3.05, 3.63) is 0 Å². The summed E-state index contributed by atoms with van der Waals surface area (Å²) in [6, 6.07) is 0. The molecule has 4 heteroatoms. The largest absolute Gasteiger partial charge is 0.393 e. The number of carbonyl (C=O) groups is 1. The number of aliphatic hydroxyl groups is 2. The minimum atomic E-state index is -0.818. The zero-order chi connectivity index (χ0) is 25.1. The van der Waals surface area contributed by atoms with Crippen molar-refractivity contribution in [2.45, 2.75) is 137 Å². The van der Waals surface area contributed by atoms with Gasteiger partial charge >= 0.3 is 0 Å². The summed E-state index contributed by atoms with van der Waals surface area (Å²) in [5, 5.41) is 22.6. The molecule has 10 atom stereocenters. The van der Waals surface area contributed by atoms with Crippen LogP contribution in [0.25, 0.3) is 0 Å². The zero-order valence-corrected chi connectivity index (χ0v) is 23.0. The molecule has 0 aromatic carbocycles. The van der Waals surface area contributed by atoms with Crippen LogP contribution in [0, 0.1) is 45.3 Å². The fourth-order valence-corrected chi connectivity index (χ4v) is 11.0. The first-order valence-electron chi connectivity index (χ1n) is 14.1. The number of ether oxygens (including phenoxy) is 1. The Morgan fingerprint density at radius 1 is 0.882 bits per heavy atom. The van der Waals surface area contributed by atoms with Crippen LogP contribution in [0.5, 0.6) is 0 Å². The second-order valence-electron chi connectivity index (χ2n) is 15.2. The summed E-state index contributed by atoms with van der Waals surface area (Å²) >= 11 is 0. The van der Waals surface area contributed by atoms with E-state index in [0.717, 1.165) is 44.9 Å². The summed E-state index contributed by atoms with van der Waals surface area (Å²) in [7, 11) is 0. The second kappa shape index (κ2) is 7.32. The first-order valence-corrected chi connectivity index (χ1v) is 14.1. The Morgan fingerprint density at radius 2 is 1.53 bits per heavy atom. The van der Waals surface area contributed by atoms with Crippen molar-refractivity contribution in [2.24, 2.45) is 45.3 Å². The number of fused-ring (bicyclic) bond motifs is 5. The van der Waals surface area contributed by atoms with E-state index in [0.29, 0.717) is 30.0 Å². The third kappa shape index (κ3) is 3.09. The molecule has 2 N–H and O–H groups in total. The molecule has 4 aliphatic carbocycles. The van der Waals surface area contributed by atoms with Crippen molar-refractivity contribution in [3.63, 3.8) is 0 Å². The van der Waals surface area contributed by atoms with Gasteiger partial charge in [-0.1, -0.05) is 34.6 Å². The van der Waals surface area contributed by atoms with E-state index >= 15 is 0 Å². The minimum Gasteiger partial charge on any atom is -0.393 e. The number of rotatable bonds is 2. The molecule has 0 amide bonds. The Labute approximate surface area is 207 Å². The highest BCUT2D eigenvalue weighted by molar-refractivity contribution is 5.85. The van der Waals surface area contributed by atoms with Gasteiger partial charge in [-0.25, -0.2) is 0 Å². The monoisotopic (exact) mass is 474 g/mol. The Bertz CT molecular complexity index is 858. The maximum absolute atomic E-state index is 12.9. The fourth-order valence-electron chi connectivity index (χ4n) is 11.0. The predicted molar refractivity (Wildman–Crippen MR) is 134 cm³/mol. The number of ketones is 1. The quantitative estimate of drug-likeness (QED) is 0.521. The van der Waals surface area contributed by atoms with Gasteiger partial charge in [-0.15, -0.1) is 0 Å². The number of hydrogen-bond acceptors (Lipinski definition) is 4. The van der Waals surface area contributed by atoms with Crippen molar-refractivity contribution in [3.8, 4) is 0 Å². The molecule has 0 radical (unpaired) electrons. The lowest BCUT2D eigenvalue weighted by Crippen LogP contribution is -2.67. The van der Waals surface area contributed by atoms with Gasteiger partial charge in [0.05, 0.1) is 23.4 Å². The van der Waals surface area contributed by atoms with Gasteiger partial charge in [-0.3, -0.25) is 4.79 Å². The van der Waals surface area contributed by atoms with Crippen molar-refractivity contribution in [1.29, 1.82) is 0 Å². The van der Waals surface area contributed by atoms with Crippen LogP contribution >= 0.6 is 0 Å². The van der Waals surface area contributed by atoms with Crippen LogP contribution < -0.4 is 0 Å². The van der Waals surface area contributed by atoms with Crippen LogP contribution in [0.2, 0.25) is 0 Å². The van der Waals surface area contributed by atoms with E-state index in [9.17, 15) is 15.0 Å². The van der Waals surface area contributed by atoms with E-state index in [1.165, 1.54) is 6.42 Å². The van der Waals surface area contributed by atoms with E-state index in [-0.39, 0.29) is 45.4 Å². The Morgan fingerprint density at radius 3 is 2.15 bits per heavy atom. The maximum atomic E-state index is 12.9. The van der Waals surface area contributed by atoms with Gasteiger partial charge in [-0.2, -0.15) is 0 Å². The summed E-state index contributed by atoms with van der Waals surface area (Å²) in [4.78, 5) is 12.9. The summed E-state index contributed by atoms with van der Waals surface area (Å²) in [6.07, 6.45) is 8.44. The Balaban J connectivity index is 1.49. The first-order chi connectivity index (χ1) is 15.5. The van der Waals surface area contributed by atoms with Crippen LogP contribution in [-0.2, 0) is 9.53 Å². The summed E-state index contributed by atoms with van der Waals surface area (Å²) < 4.78 is 6.67. The van der Waals surface area contributed by atoms with E-state index in [4.69, 9.17) is 4.74 Å². The van der Waals surface area contributed by atoms with E-state index < -0.39 is 5.60 Å². The molecule has 34 heavy (non-hydrogen) atoms. The van der Waals surface area contributed by atoms with Gasteiger partial charge < -0.3 is 14.9 Å². The van der Waals surface area contributed by atoms with Crippen molar-refractivity contribution < 1.29 is 19.7 Å². The highest BCUT2D eigenvalue weighted by Gasteiger charge is 2.72. The van der Waals surface area contributed by atoms with Gasteiger partial charge in [0.15, 0.2) is 0 Å². The van der Waals surface area contributed by atoms with E-state index in [1.807, 2.05) is 13.8 Å². The lowest BCUT2D eigenvalue weighted by Gasteiger charge is -2.70. The third-order valence-electron chi connectivity index (χ3n) is 13.0. The highest BCUT2D eigenvalue weighted by Crippen LogP contribution is 2.75. The molecular weight excluding hydrogens is 424 g/mol. The van der Waals surface area contributed by atoms with Crippen molar-refractivity contribution in [1.82, 2.24) is 0 Å². The molecule has 1 saturated heterocycles. The van der Waals surface area contributed by atoms with Gasteiger partial charge in [0.25, 0.3) is 0 Å².